The van der Waals surface area contributed by atoms with E-state index in [0.29, 0.717) is 35.0 Å². The van der Waals surface area contributed by atoms with Gasteiger partial charge < -0.3 is 4.90 Å². The summed E-state index contributed by atoms with van der Waals surface area (Å²) in [6.07, 6.45) is 2.69. The van der Waals surface area contributed by atoms with Gasteiger partial charge in [-0.2, -0.15) is 9.40 Å². The van der Waals surface area contributed by atoms with Crippen molar-refractivity contribution < 1.29 is 13.2 Å². The van der Waals surface area contributed by atoms with Gasteiger partial charge in [-0.15, -0.1) is 0 Å². The lowest BCUT2D eigenvalue weighted by molar-refractivity contribution is 0.0699. The highest BCUT2D eigenvalue weighted by atomic mass is 32.2. The van der Waals surface area contributed by atoms with Gasteiger partial charge >= 0.3 is 0 Å². The molecule has 4 rings (SSSR count). The van der Waals surface area contributed by atoms with Crippen LogP contribution in [-0.2, 0) is 10.0 Å². The maximum absolute atomic E-state index is 13.0. The van der Waals surface area contributed by atoms with E-state index in [-0.39, 0.29) is 19.0 Å². The van der Waals surface area contributed by atoms with Crippen molar-refractivity contribution in [2.75, 3.05) is 26.2 Å². The van der Waals surface area contributed by atoms with Crippen LogP contribution in [0.2, 0.25) is 0 Å². The molecule has 1 fully saturated rings. The Morgan fingerprint density at radius 1 is 1.10 bits per heavy atom. The second-order valence-electron chi connectivity index (χ2n) is 7.71. The van der Waals surface area contributed by atoms with Crippen molar-refractivity contribution in [3.63, 3.8) is 0 Å². The molecule has 2 aromatic carbocycles. The number of amides is 1. The van der Waals surface area contributed by atoms with Crippen LogP contribution in [0.4, 0.5) is 0 Å². The second kappa shape index (κ2) is 8.20. The zero-order valence-corrected chi connectivity index (χ0v) is 18.0. The number of hydrogen-bond donors (Lipinski definition) is 1. The maximum atomic E-state index is 13.0. The topological polar surface area (TPSA) is 86.4 Å². The molecule has 0 saturated carbocycles. The van der Waals surface area contributed by atoms with E-state index < -0.39 is 10.0 Å². The number of piperazine rings is 1. The van der Waals surface area contributed by atoms with Crippen LogP contribution in [0.25, 0.3) is 10.9 Å². The van der Waals surface area contributed by atoms with Crippen molar-refractivity contribution in [3.05, 3.63) is 59.8 Å². The van der Waals surface area contributed by atoms with Gasteiger partial charge in [0.25, 0.3) is 5.91 Å². The molecule has 1 unspecified atom stereocenters. The zero-order valence-electron chi connectivity index (χ0n) is 17.2. The summed E-state index contributed by atoms with van der Waals surface area (Å²) in [4.78, 5) is 15.0. The molecule has 30 heavy (non-hydrogen) atoms. The van der Waals surface area contributed by atoms with E-state index in [9.17, 15) is 13.2 Å². The number of fused-ring (bicyclic) bond motifs is 1. The molecule has 7 nitrogen and oxygen atoms in total. The molecule has 158 valence electrons. The van der Waals surface area contributed by atoms with E-state index in [4.69, 9.17) is 0 Å². The van der Waals surface area contributed by atoms with Crippen LogP contribution in [0.3, 0.4) is 0 Å². The van der Waals surface area contributed by atoms with Crippen LogP contribution in [0.1, 0.15) is 42.1 Å². The summed E-state index contributed by atoms with van der Waals surface area (Å²) < 4.78 is 27.5. The van der Waals surface area contributed by atoms with Crippen molar-refractivity contribution in [1.29, 1.82) is 0 Å². The van der Waals surface area contributed by atoms with Gasteiger partial charge in [0.2, 0.25) is 10.0 Å². The van der Waals surface area contributed by atoms with Crippen LogP contribution < -0.4 is 0 Å². The summed E-state index contributed by atoms with van der Waals surface area (Å²) in [5, 5.41) is 7.76. The molecule has 1 amide bonds. The summed E-state index contributed by atoms with van der Waals surface area (Å²) in [7, 11) is -3.57. The maximum Gasteiger partial charge on any atom is 0.256 e. The third-order valence-electron chi connectivity index (χ3n) is 5.93. The number of aromatic amines is 1. The first-order valence-electron chi connectivity index (χ1n) is 10.2. The van der Waals surface area contributed by atoms with Crippen molar-refractivity contribution >= 4 is 26.8 Å². The number of H-pyrrole nitrogens is 1. The van der Waals surface area contributed by atoms with Crippen molar-refractivity contribution in [2.24, 2.45) is 0 Å². The minimum atomic E-state index is -3.57. The Kier molecular flexibility index (Phi) is 5.62. The molecule has 8 heteroatoms. The predicted octanol–water partition coefficient (Wildman–Crippen LogP) is 3.22. The molecule has 1 atom stereocenters. The Hall–Kier alpha value is -2.71. The fourth-order valence-corrected chi connectivity index (χ4v) is 5.22. The SMILES string of the molecule is CCC(C)c1ccc(S(=O)(=O)N2CCN(C(=O)c3cccc4cn[nH]c34)CC2)cc1. The lowest BCUT2D eigenvalue weighted by Crippen LogP contribution is -2.50. The Bertz CT molecular complexity index is 1150. The highest BCUT2D eigenvalue weighted by molar-refractivity contribution is 7.89. The molecule has 2 heterocycles. The molecule has 0 radical (unpaired) electrons. The number of carbonyl (C=O) groups excluding carboxylic acids is 1. The molecule has 0 bridgehead atoms. The predicted molar refractivity (Wildman–Crippen MR) is 116 cm³/mol. The summed E-state index contributed by atoms with van der Waals surface area (Å²) in [6, 6.07) is 12.7. The van der Waals surface area contributed by atoms with Gasteiger partial charge in [-0.05, 0) is 36.1 Å². The molecule has 0 spiro atoms. The van der Waals surface area contributed by atoms with Gasteiger partial charge in [-0.1, -0.05) is 38.1 Å². The normalized spacial score (nSPS) is 16.7. The summed E-state index contributed by atoms with van der Waals surface area (Å²) in [5.41, 5.74) is 2.40. The Morgan fingerprint density at radius 3 is 2.47 bits per heavy atom. The van der Waals surface area contributed by atoms with E-state index >= 15 is 0 Å². The smallest absolute Gasteiger partial charge is 0.256 e. The number of rotatable bonds is 5. The number of para-hydroxylation sites is 1. The summed E-state index contributed by atoms with van der Waals surface area (Å²) in [6.45, 7) is 5.51. The van der Waals surface area contributed by atoms with Crippen molar-refractivity contribution in [1.82, 2.24) is 19.4 Å². The fourth-order valence-electron chi connectivity index (χ4n) is 3.80. The minimum Gasteiger partial charge on any atom is -0.336 e. The molecular formula is C22H26N4O3S. The molecule has 1 aliphatic heterocycles. The van der Waals surface area contributed by atoms with Gasteiger partial charge in [0.1, 0.15) is 0 Å². The highest BCUT2D eigenvalue weighted by Gasteiger charge is 2.31. The van der Waals surface area contributed by atoms with Crippen LogP contribution in [0.5, 0.6) is 0 Å². The lowest BCUT2D eigenvalue weighted by atomic mass is 9.99. The third kappa shape index (κ3) is 3.73. The highest BCUT2D eigenvalue weighted by Crippen LogP contribution is 2.24. The zero-order chi connectivity index (χ0) is 21.3. The van der Waals surface area contributed by atoms with E-state index in [2.05, 4.69) is 24.0 Å². The molecule has 3 aromatic rings. The van der Waals surface area contributed by atoms with Crippen molar-refractivity contribution in [2.45, 2.75) is 31.1 Å². The minimum absolute atomic E-state index is 0.111. The van der Waals surface area contributed by atoms with Gasteiger partial charge in [-0.3, -0.25) is 9.89 Å². The lowest BCUT2D eigenvalue weighted by Gasteiger charge is -2.34. The summed E-state index contributed by atoms with van der Waals surface area (Å²) in [5.74, 6) is 0.287. The average Bonchev–Trinajstić information content (AvgIpc) is 3.27. The first-order chi connectivity index (χ1) is 14.4. The third-order valence-corrected chi connectivity index (χ3v) is 7.85. The number of sulfonamides is 1. The number of carbonyl (C=O) groups is 1. The van der Waals surface area contributed by atoms with Crippen LogP contribution >= 0.6 is 0 Å². The summed E-state index contributed by atoms with van der Waals surface area (Å²) >= 11 is 0. The molecule has 1 saturated heterocycles. The van der Waals surface area contributed by atoms with Crippen LogP contribution in [-0.4, -0.2) is 59.9 Å². The van der Waals surface area contributed by atoms with Crippen LogP contribution in [0, 0.1) is 0 Å². The number of benzene rings is 2. The molecular weight excluding hydrogens is 400 g/mol. The number of hydrogen-bond acceptors (Lipinski definition) is 4. The Balaban J connectivity index is 1.46. The largest absolute Gasteiger partial charge is 0.336 e. The molecule has 1 aliphatic rings. The first-order valence-corrected chi connectivity index (χ1v) is 11.7. The van der Waals surface area contributed by atoms with E-state index in [1.54, 1.807) is 29.3 Å². The van der Waals surface area contributed by atoms with E-state index in [1.807, 2.05) is 24.3 Å². The van der Waals surface area contributed by atoms with Crippen molar-refractivity contribution in [3.8, 4) is 0 Å². The number of aromatic nitrogens is 2. The van der Waals surface area contributed by atoms with Gasteiger partial charge in [0.15, 0.2) is 0 Å². The van der Waals surface area contributed by atoms with E-state index in [0.717, 1.165) is 17.4 Å². The van der Waals surface area contributed by atoms with Gasteiger partial charge in [-0.25, -0.2) is 8.42 Å². The van der Waals surface area contributed by atoms with Crippen LogP contribution in [0.15, 0.2) is 53.6 Å². The number of nitrogens with zero attached hydrogens (tertiary/aromatic N) is 3. The van der Waals surface area contributed by atoms with Gasteiger partial charge in [0.05, 0.1) is 22.2 Å². The van der Waals surface area contributed by atoms with E-state index in [1.165, 1.54) is 4.31 Å². The standard InChI is InChI=1S/C22H26N4O3S/c1-3-16(2)17-7-9-19(10-8-17)30(28,29)26-13-11-25(12-14-26)22(27)20-6-4-5-18-15-23-24-21(18)20/h4-10,15-16H,3,11-14H2,1-2H3,(H,23,24). The number of nitrogens with one attached hydrogen (secondary N) is 1. The second-order valence-corrected chi connectivity index (χ2v) is 9.65. The quantitative estimate of drug-likeness (QED) is 0.679. The molecule has 1 aromatic heterocycles. The monoisotopic (exact) mass is 426 g/mol. The first kappa shape index (κ1) is 20.6. The molecule has 0 aliphatic carbocycles. The Labute approximate surface area is 176 Å². The molecule has 1 N–H and O–H groups in total. The fraction of sp³-hybridized carbons (Fsp3) is 0.364. The van der Waals surface area contributed by atoms with Gasteiger partial charge in [0, 0.05) is 31.6 Å². The Morgan fingerprint density at radius 2 is 1.80 bits per heavy atom. The average molecular weight is 427 g/mol.